The van der Waals surface area contributed by atoms with Gasteiger partial charge in [0.25, 0.3) is 0 Å². The molecule has 102 valence electrons. The predicted octanol–water partition coefficient (Wildman–Crippen LogP) is 2.76. The maximum atomic E-state index is 9.36. The molecule has 2 atom stereocenters. The average molecular weight is 257 g/mol. The fourth-order valence-electron chi connectivity index (χ4n) is 2.74. The number of nitrogens with zero attached hydrogens (tertiary/aromatic N) is 2. The molecule has 0 radical (unpaired) electrons. The molecule has 1 saturated heterocycles. The number of hydrogen-bond acceptors (Lipinski definition) is 3. The van der Waals surface area contributed by atoms with Gasteiger partial charge in [0, 0.05) is 19.6 Å². The van der Waals surface area contributed by atoms with E-state index in [0.717, 1.165) is 36.8 Å². The monoisotopic (exact) mass is 257 g/mol. The molecule has 1 aromatic rings. The highest BCUT2D eigenvalue weighted by molar-refractivity contribution is 5.60. The van der Waals surface area contributed by atoms with Crippen LogP contribution in [0.3, 0.4) is 0 Å². The second kappa shape index (κ2) is 6.08. The number of nitrogens with one attached hydrogen (secondary N) is 1. The van der Waals surface area contributed by atoms with E-state index in [-0.39, 0.29) is 0 Å². The van der Waals surface area contributed by atoms with Crippen molar-refractivity contribution in [2.24, 2.45) is 11.8 Å². The summed E-state index contributed by atoms with van der Waals surface area (Å²) in [7, 11) is 1.92. The standard InChI is InChI=1S/C16H23N3/c1-12-6-7-19(11-13(12)2)16-5-4-14(10-18-3)8-15(16)9-17/h4-5,8,12-13,18H,6-7,10-11H2,1-3H3. The van der Waals surface area contributed by atoms with Crippen molar-refractivity contribution in [3.8, 4) is 6.07 Å². The summed E-state index contributed by atoms with van der Waals surface area (Å²) in [5.41, 5.74) is 3.07. The molecule has 1 aromatic carbocycles. The molecule has 1 fully saturated rings. The van der Waals surface area contributed by atoms with E-state index in [1.165, 1.54) is 12.0 Å². The van der Waals surface area contributed by atoms with E-state index in [0.29, 0.717) is 5.92 Å². The van der Waals surface area contributed by atoms with Gasteiger partial charge in [-0.3, -0.25) is 0 Å². The Labute approximate surface area is 116 Å². The third kappa shape index (κ3) is 3.08. The maximum absolute atomic E-state index is 9.36. The number of nitriles is 1. The largest absolute Gasteiger partial charge is 0.370 e. The van der Waals surface area contributed by atoms with Crippen molar-refractivity contribution in [1.29, 1.82) is 5.26 Å². The van der Waals surface area contributed by atoms with Crippen LogP contribution in [-0.2, 0) is 6.54 Å². The third-order valence-electron chi connectivity index (χ3n) is 4.24. The van der Waals surface area contributed by atoms with Crippen LogP contribution in [0.4, 0.5) is 5.69 Å². The van der Waals surface area contributed by atoms with Gasteiger partial charge in [0.05, 0.1) is 11.3 Å². The number of benzene rings is 1. The lowest BCUT2D eigenvalue weighted by Crippen LogP contribution is -2.38. The molecule has 0 amide bonds. The van der Waals surface area contributed by atoms with Gasteiger partial charge in [-0.05, 0) is 43.0 Å². The molecule has 2 rings (SSSR count). The Morgan fingerprint density at radius 3 is 2.79 bits per heavy atom. The first-order chi connectivity index (χ1) is 9.15. The van der Waals surface area contributed by atoms with Crippen molar-refractivity contribution < 1.29 is 0 Å². The van der Waals surface area contributed by atoms with Crippen LogP contribution in [0.15, 0.2) is 18.2 Å². The first-order valence-electron chi connectivity index (χ1n) is 7.08. The summed E-state index contributed by atoms with van der Waals surface area (Å²) in [6.45, 7) is 7.55. The zero-order chi connectivity index (χ0) is 13.8. The Morgan fingerprint density at radius 1 is 1.37 bits per heavy atom. The van der Waals surface area contributed by atoms with Crippen LogP contribution in [0.2, 0.25) is 0 Å². The van der Waals surface area contributed by atoms with Crippen LogP contribution >= 0.6 is 0 Å². The van der Waals surface area contributed by atoms with Gasteiger partial charge in [0.15, 0.2) is 0 Å². The van der Waals surface area contributed by atoms with Gasteiger partial charge < -0.3 is 10.2 Å². The Bertz CT molecular complexity index is 475. The van der Waals surface area contributed by atoms with Crippen molar-refractivity contribution in [3.05, 3.63) is 29.3 Å². The molecule has 0 spiro atoms. The molecule has 0 aliphatic carbocycles. The second-order valence-electron chi connectivity index (χ2n) is 5.68. The minimum Gasteiger partial charge on any atom is -0.370 e. The van der Waals surface area contributed by atoms with E-state index < -0.39 is 0 Å². The van der Waals surface area contributed by atoms with Gasteiger partial charge in [0.2, 0.25) is 0 Å². The summed E-state index contributed by atoms with van der Waals surface area (Å²) in [4.78, 5) is 2.37. The van der Waals surface area contributed by atoms with Gasteiger partial charge in [-0.15, -0.1) is 0 Å². The fourth-order valence-corrected chi connectivity index (χ4v) is 2.74. The van der Waals surface area contributed by atoms with E-state index >= 15 is 0 Å². The topological polar surface area (TPSA) is 39.1 Å². The van der Waals surface area contributed by atoms with E-state index in [1.807, 2.05) is 13.1 Å². The van der Waals surface area contributed by atoms with Crippen LogP contribution in [0.25, 0.3) is 0 Å². The summed E-state index contributed by atoms with van der Waals surface area (Å²) in [6.07, 6.45) is 1.21. The first kappa shape index (κ1) is 13.9. The molecule has 3 nitrogen and oxygen atoms in total. The van der Waals surface area contributed by atoms with Gasteiger partial charge >= 0.3 is 0 Å². The van der Waals surface area contributed by atoms with Crippen molar-refractivity contribution in [2.45, 2.75) is 26.8 Å². The molecule has 1 N–H and O–H groups in total. The third-order valence-corrected chi connectivity index (χ3v) is 4.24. The molecule has 0 saturated carbocycles. The van der Waals surface area contributed by atoms with Crippen molar-refractivity contribution in [2.75, 3.05) is 25.0 Å². The minimum absolute atomic E-state index is 0.692. The highest BCUT2D eigenvalue weighted by Gasteiger charge is 2.24. The lowest BCUT2D eigenvalue weighted by atomic mass is 9.88. The van der Waals surface area contributed by atoms with Crippen LogP contribution < -0.4 is 10.2 Å². The number of hydrogen-bond donors (Lipinski definition) is 1. The van der Waals surface area contributed by atoms with Crippen LogP contribution in [0.1, 0.15) is 31.4 Å². The van der Waals surface area contributed by atoms with E-state index in [4.69, 9.17) is 0 Å². The maximum Gasteiger partial charge on any atom is 0.101 e. The SMILES string of the molecule is CNCc1ccc(N2CCC(C)C(C)C2)c(C#N)c1. The molecule has 1 heterocycles. The number of rotatable bonds is 3. The molecule has 1 aliphatic heterocycles. The lowest BCUT2D eigenvalue weighted by molar-refractivity contribution is 0.324. The molecule has 0 aromatic heterocycles. The van der Waals surface area contributed by atoms with E-state index in [2.05, 4.69) is 42.3 Å². The van der Waals surface area contributed by atoms with E-state index in [9.17, 15) is 5.26 Å². The second-order valence-corrected chi connectivity index (χ2v) is 5.68. The summed E-state index contributed by atoms with van der Waals surface area (Å²) in [5, 5.41) is 12.5. The fraction of sp³-hybridized carbons (Fsp3) is 0.562. The molecule has 0 bridgehead atoms. The average Bonchev–Trinajstić information content (AvgIpc) is 2.42. The number of anilines is 1. The van der Waals surface area contributed by atoms with Crippen molar-refractivity contribution in [3.63, 3.8) is 0 Å². The van der Waals surface area contributed by atoms with Gasteiger partial charge in [0.1, 0.15) is 6.07 Å². The summed E-state index contributed by atoms with van der Waals surface area (Å²) >= 11 is 0. The normalized spacial score (nSPS) is 23.2. The Kier molecular flexibility index (Phi) is 4.44. The Balaban J connectivity index is 2.22. The van der Waals surface area contributed by atoms with Gasteiger partial charge in [-0.1, -0.05) is 19.9 Å². The van der Waals surface area contributed by atoms with Gasteiger partial charge in [-0.25, -0.2) is 0 Å². The van der Waals surface area contributed by atoms with Crippen molar-refractivity contribution in [1.82, 2.24) is 5.32 Å². The molecule has 1 aliphatic rings. The summed E-state index contributed by atoms with van der Waals surface area (Å²) < 4.78 is 0. The predicted molar refractivity (Wildman–Crippen MR) is 79.1 cm³/mol. The molecular weight excluding hydrogens is 234 g/mol. The Hall–Kier alpha value is -1.53. The zero-order valence-corrected chi connectivity index (χ0v) is 12.1. The smallest absolute Gasteiger partial charge is 0.101 e. The summed E-state index contributed by atoms with van der Waals surface area (Å²) in [6, 6.07) is 8.58. The first-order valence-corrected chi connectivity index (χ1v) is 7.08. The van der Waals surface area contributed by atoms with Crippen LogP contribution in [-0.4, -0.2) is 20.1 Å². The zero-order valence-electron chi connectivity index (χ0n) is 12.1. The minimum atomic E-state index is 0.692. The van der Waals surface area contributed by atoms with E-state index in [1.54, 1.807) is 0 Å². The van der Waals surface area contributed by atoms with Gasteiger partial charge in [-0.2, -0.15) is 5.26 Å². The van der Waals surface area contributed by atoms with Crippen LogP contribution in [0.5, 0.6) is 0 Å². The lowest BCUT2D eigenvalue weighted by Gasteiger charge is -2.37. The Morgan fingerprint density at radius 2 is 2.16 bits per heavy atom. The van der Waals surface area contributed by atoms with Crippen LogP contribution in [0, 0.1) is 23.2 Å². The molecule has 19 heavy (non-hydrogen) atoms. The number of piperidine rings is 1. The summed E-state index contributed by atoms with van der Waals surface area (Å²) in [5.74, 6) is 1.47. The molecule has 2 unspecified atom stereocenters. The molecular formula is C16H23N3. The highest BCUT2D eigenvalue weighted by Crippen LogP contribution is 2.29. The molecule has 3 heteroatoms. The van der Waals surface area contributed by atoms with Crippen molar-refractivity contribution >= 4 is 5.69 Å². The highest BCUT2D eigenvalue weighted by atomic mass is 15.1. The quantitative estimate of drug-likeness (QED) is 0.905.